The SMILES string of the molecule is CC1=C(C(=O)Nc2ccc([N+](=O)[O-])cc2)[C@@H](c2ccc(C(F)(F)F)cc2)NC(=O)N1. The van der Waals surface area contributed by atoms with E-state index < -0.39 is 34.6 Å². The average Bonchev–Trinajstić information content (AvgIpc) is 2.67. The summed E-state index contributed by atoms with van der Waals surface area (Å²) in [7, 11) is 0. The summed E-state index contributed by atoms with van der Waals surface area (Å²) in [5, 5.41) is 18.3. The van der Waals surface area contributed by atoms with Gasteiger partial charge in [0.15, 0.2) is 0 Å². The fraction of sp³-hybridized carbons (Fsp3) is 0.158. The van der Waals surface area contributed by atoms with Gasteiger partial charge >= 0.3 is 12.2 Å². The van der Waals surface area contributed by atoms with Crippen molar-refractivity contribution < 1.29 is 27.7 Å². The zero-order chi connectivity index (χ0) is 22.1. The molecule has 0 spiro atoms. The number of non-ortho nitro benzene ring substituents is 1. The molecule has 3 N–H and O–H groups in total. The van der Waals surface area contributed by atoms with Gasteiger partial charge in [-0.3, -0.25) is 14.9 Å². The van der Waals surface area contributed by atoms with E-state index in [1.165, 1.54) is 43.3 Å². The van der Waals surface area contributed by atoms with Crippen LogP contribution in [0.4, 0.5) is 29.3 Å². The van der Waals surface area contributed by atoms with Gasteiger partial charge in [-0.2, -0.15) is 13.2 Å². The van der Waals surface area contributed by atoms with Crippen LogP contribution in [0.15, 0.2) is 59.8 Å². The van der Waals surface area contributed by atoms with Crippen LogP contribution in [0.3, 0.4) is 0 Å². The number of anilines is 1. The van der Waals surface area contributed by atoms with Gasteiger partial charge in [0, 0.05) is 23.5 Å². The lowest BCUT2D eigenvalue weighted by Gasteiger charge is -2.28. The van der Waals surface area contributed by atoms with E-state index in [4.69, 9.17) is 0 Å². The van der Waals surface area contributed by atoms with Crippen molar-refractivity contribution in [3.63, 3.8) is 0 Å². The van der Waals surface area contributed by atoms with Crippen LogP contribution in [0.1, 0.15) is 24.1 Å². The van der Waals surface area contributed by atoms with E-state index in [-0.39, 0.29) is 28.2 Å². The van der Waals surface area contributed by atoms with Gasteiger partial charge in [-0.05, 0) is 36.8 Å². The molecule has 2 aromatic carbocycles. The van der Waals surface area contributed by atoms with Gasteiger partial charge in [-0.1, -0.05) is 12.1 Å². The number of nitrogens with one attached hydrogen (secondary N) is 3. The smallest absolute Gasteiger partial charge is 0.327 e. The van der Waals surface area contributed by atoms with Gasteiger partial charge in [0.1, 0.15) is 0 Å². The molecule has 1 aliphatic heterocycles. The lowest BCUT2D eigenvalue weighted by atomic mass is 9.94. The zero-order valence-electron chi connectivity index (χ0n) is 15.4. The summed E-state index contributed by atoms with van der Waals surface area (Å²) in [6, 6.07) is 7.62. The van der Waals surface area contributed by atoms with Crippen molar-refractivity contribution in [1.29, 1.82) is 0 Å². The molecule has 0 saturated carbocycles. The number of carbonyl (C=O) groups is 2. The van der Waals surface area contributed by atoms with Crippen LogP contribution in [0.25, 0.3) is 0 Å². The first kappa shape index (κ1) is 20.8. The molecule has 156 valence electrons. The van der Waals surface area contributed by atoms with E-state index >= 15 is 0 Å². The summed E-state index contributed by atoms with van der Waals surface area (Å²) in [5.74, 6) is -0.626. The quantitative estimate of drug-likeness (QED) is 0.515. The highest BCUT2D eigenvalue weighted by Gasteiger charge is 2.33. The minimum Gasteiger partial charge on any atom is -0.327 e. The van der Waals surface area contributed by atoms with E-state index in [1.807, 2.05) is 0 Å². The number of alkyl halides is 3. The number of rotatable bonds is 4. The van der Waals surface area contributed by atoms with E-state index in [0.29, 0.717) is 0 Å². The van der Waals surface area contributed by atoms with Crippen molar-refractivity contribution in [3.8, 4) is 0 Å². The minimum absolute atomic E-state index is 0.0905. The summed E-state index contributed by atoms with van der Waals surface area (Å²) in [6.45, 7) is 1.49. The van der Waals surface area contributed by atoms with Crippen LogP contribution in [-0.2, 0) is 11.0 Å². The van der Waals surface area contributed by atoms with E-state index in [2.05, 4.69) is 16.0 Å². The first-order valence-electron chi connectivity index (χ1n) is 8.57. The Hall–Kier alpha value is -3.89. The van der Waals surface area contributed by atoms with Crippen LogP contribution < -0.4 is 16.0 Å². The predicted octanol–water partition coefficient (Wildman–Crippen LogP) is 3.88. The van der Waals surface area contributed by atoms with Gasteiger partial charge < -0.3 is 16.0 Å². The largest absolute Gasteiger partial charge is 0.416 e. The van der Waals surface area contributed by atoms with Gasteiger partial charge in [0.2, 0.25) is 0 Å². The summed E-state index contributed by atoms with van der Waals surface area (Å²) in [4.78, 5) is 34.9. The number of hydrogen-bond donors (Lipinski definition) is 3. The standard InChI is InChI=1S/C19H15F3N4O4/c1-10-15(17(27)24-13-6-8-14(9-7-13)26(29)30)16(25-18(28)23-10)11-2-4-12(5-3-11)19(20,21)22/h2-9,16H,1H3,(H,24,27)(H2,23,25,28)/t16-/m1/s1. The fourth-order valence-corrected chi connectivity index (χ4v) is 2.97. The van der Waals surface area contributed by atoms with Crippen molar-refractivity contribution in [3.05, 3.63) is 81.0 Å². The molecule has 30 heavy (non-hydrogen) atoms. The van der Waals surface area contributed by atoms with E-state index in [0.717, 1.165) is 12.1 Å². The van der Waals surface area contributed by atoms with Gasteiger partial charge in [-0.15, -0.1) is 0 Å². The Morgan fingerprint density at radius 1 is 1.10 bits per heavy atom. The lowest BCUT2D eigenvalue weighted by molar-refractivity contribution is -0.384. The molecule has 3 rings (SSSR count). The summed E-state index contributed by atoms with van der Waals surface area (Å²) in [6.07, 6.45) is -4.52. The van der Waals surface area contributed by atoms with E-state index in [1.54, 1.807) is 0 Å². The lowest BCUT2D eigenvalue weighted by Crippen LogP contribution is -2.46. The second-order valence-electron chi connectivity index (χ2n) is 6.45. The third-order valence-corrected chi connectivity index (χ3v) is 4.42. The van der Waals surface area contributed by atoms with Gasteiger partial charge in [0.25, 0.3) is 11.6 Å². The minimum atomic E-state index is -4.52. The molecule has 1 heterocycles. The summed E-state index contributed by atoms with van der Waals surface area (Å²) < 4.78 is 38.4. The van der Waals surface area contributed by atoms with Crippen molar-refractivity contribution in [2.24, 2.45) is 0 Å². The number of nitro groups is 1. The Balaban J connectivity index is 1.89. The zero-order valence-corrected chi connectivity index (χ0v) is 15.4. The molecule has 2 aromatic rings. The first-order valence-corrected chi connectivity index (χ1v) is 8.57. The number of benzene rings is 2. The molecule has 1 aliphatic rings. The molecular formula is C19H15F3N4O4. The molecule has 0 bridgehead atoms. The number of nitrogens with zero attached hydrogens (tertiary/aromatic N) is 1. The number of allylic oxidation sites excluding steroid dienone is 1. The normalized spacial score (nSPS) is 16.5. The molecule has 11 heteroatoms. The molecule has 8 nitrogen and oxygen atoms in total. The maximum Gasteiger partial charge on any atom is 0.416 e. The highest BCUT2D eigenvalue weighted by atomic mass is 19.4. The van der Waals surface area contributed by atoms with Crippen LogP contribution in [0.5, 0.6) is 0 Å². The Bertz CT molecular complexity index is 1030. The maximum atomic E-state index is 12.8. The van der Waals surface area contributed by atoms with Gasteiger partial charge in [-0.25, -0.2) is 4.79 Å². The fourth-order valence-electron chi connectivity index (χ4n) is 2.97. The van der Waals surface area contributed by atoms with E-state index in [9.17, 15) is 32.9 Å². The van der Waals surface area contributed by atoms with Gasteiger partial charge in [0.05, 0.1) is 22.1 Å². The number of carbonyl (C=O) groups excluding carboxylic acids is 2. The summed E-state index contributed by atoms with van der Waals surface area (Å²) >= 11 is 0. The monoisotopic (exact) mass is 420 g/mol. The number of halogens is 3. The Kier molecular flexibility index (Phi) is 5.45. The third kappa shape index (κ3) is 4.40. The highest BCUT2D eigenvalue weighted by molar-refractivity contribution is 6.06. The molecule has 0 unspecified atom stereocenters. The number of urea groups is 1. The Morgan fingerprint density at radius 3 is 2.23 bits per heavy atom. The Morgan fingerprint density at radius 2 is 1.70 bits per heavy atom. The molecular weight excluding hydrogens is 405 g/mol. The van der Waals surface area contributed by atoms with Crippen LogP contribution in [0.2, 0.25) is 0 Å². The second-order valence-corrected chi connectivity index (χ2v) is 6.45. The molecule has 0 aliphatic carbocycles. The van der Waals surface area contributed by atoms with Crippen LogP contribution in [0, 0.1) is 10.1 Å². The molecule has 1 atom stereocenters. The second kappa shape index (κ2) is 7.85. The molecule has 0 aromatic heterocycles. The van der Waals surface area contributed by atoms with Crippen molar-refractivity contribution in [2.45, 2.75) is 19.1 Å². The molecule has 0 radical (unpaired) electrons. The Labute approximate surface area is 167 Å². The average molecular weight is 420 g/mol. The van der Waals surface area contributed by atoms with Crippen LogP contribution >= 0.6 is 0 Å². The first-order chi connectivity index (χ1) is 14.1. The van der Waals surface area contributed by atoms with Crippen molar-refractivity contribution in [2.75, 3.05) is 5.32 Å². The molecule has 0 saturated heterocycles. The van der Waals surface area contributed by atoms with Crippen molar-refractivity contribution >= 4 is 23.3 Å². The number of nitro benzene ring substituents is 1. The van der Waals surface area contributed by atoms with Crippen molar-refractivity contribution in [1.82, 2.24) is 10.6 Å². The molecule has 0 fully saturated rings. The maximum absolute atomic E-state index is 12.8. The number of amides is 3. The molecule has 3 amide bonds. The highest BCUT2D eigenvalue weighted by Crippen LogP contribution is 2.32. The summed E-state index contributed by atoms with van der Waals surface area (Å²) in [5.41, 5.74) is -0.141. The van der Waals surface area contributed by atoms with Crippen LogP contribution in [-0.4, -0.2) is 16.9 Å². The topological polar surface area (TPSA) is 113 Å². The third-order valence-electron chi connectivity index (χ3n) is 4.42. The predicted molar refractivity (Wildman–Crippen MR) is 100 cm³/mol. The number of hydrogen-bond acceptors (Lipinski definition) is 4.